The van der Waals surface area contributed by atoms with Crippen molar-refractivity contribution in [2.24, 2.45) is 0 Å². The summed E-state index contributed by atoms with van der Waals surface area (Å²) in [7, 11) is 1.39. The van der Waals surface area contributed by atoms with Gasteiger partial charge in [-0.25, -0.2) is 0 Å². The highest BCUT2D eigenvalue weighted by atomic mass is 19.2. The molecule has 1 atom stereocenters. The summed E-state index contributed by atoms with van der Waals surface area (Å²) >= 11 is 0. The number of amides is 1. The maximum absolute atomic E-state index is 12.1. The predicted molar refractivity (Wildman–Crippen MR) is 54.8 cm³/mol. The van der Waals surface area contributed by atoms with Gasteiger partial charge in [0.25, 0.3) is 5.91 Å². The van der Waals surface area contributed by atoms with Crippen LogP contribution >= 0.6 is 0 Å². The first-order valence-corrected chi connectivity index (χ1v) is 4.62. The van der Waals surface area contributed by atoms with E-state index in [2.05, 4.69) is 0 Å². The van der Waals surface area contributed by atoms with Crippen molar-refractivity contribution in [3.8, 4) is 0 Å². The van der Waals surface area contributed by atoms with Gasteiger partial charge in [0.2, 0.25) is 0 Å². The number of methoxy groups -OCH3 is 1. The molecule has 0 radical (unpaired) electrons. The number of nitrogens with one attached hydrogen (secondary N) is 1. The van der Waals surface area contributed by atoms with Gasteiger partial charge in [0.15, 0.2) is 0 Å². The van der Waals surface area contributed by atoms with Gasteiger partial charge >= 0.3 is 0 Å². The van der Waals surface area contributed by atoms with Gasteiger partial charge in [-0.15, -0.1) is 4.48 Å². The Hall–Kier alpha value is -1.42. The van der Waals surface area contributed by atoms with Gasteiger partial charge in [0, 0.05) is 13.5 Å². The molecule has 1 amide bonds. The lowest BCUT2D eigenvalue weighted by molar-refractivity contribution is -0.146. The van der Waals surface area contributed by atoms with Crippen LogP contribution in [-0.4, -0.2) is 18.6 Å². The number of hydrogen-bond acceptors (Lipinski definition) is 2. The second-order valence-electron chi connectivity index (χ2n) is 3.52. The van der Waals surface area contributed by atoms with Crippen molar-refractivity contribution in [1.29, 1.82) is 0 Å². The average molecular weight is 211 g/mol. The van der Waals surface area contributed by atoms with E-state index in [0.717, 1.165) is 11.1 Å². The van der Waals surface area contributed by atoms with Crippen LogP contribution < -0.4 is 5.54 Å². The number of carbonyl (C=O) groups excluding carboxylic acids is 1. The Kier molecular flexibility index (Phi) is 3.80. The molecule has 1 aromatic rings. The predicted octanol–water partition coefficient (Wildman–Crippen LogP) is 1.63. The molecule has 0 saturated carbocycles. The third-order valence-corrected chi connectivity index (χ3v) is 2.40. The minimum atomic E-state index is -1.17. The zero-order valence-electron chi connectivity index (χ0n) is 8.79. The summed E-state index contributed by atoms with van der Waals surface area (Å²) in [6, 6.07) is 9.33. The lowest BCUT2D eigenvalue weighted by atomic mass is 9.96. The molecule has 0 bridgehead atoms. The van der Waals surface area contributed by atoms with E-state index in [-0.39, 0.29) is 0 Å². The van der Waals surface area contributed by atoms with Crippen LogP contribution in [0.5, 0.6) is 0 Å². The van der Waals surface area contributed by atoms with Gasteiger partial charge in [0.05, 0.1) is 0 Å². The van der Waals surface area contributed by atoms with Crippen molar-refractivity contribution >= 4 is 5.91 Å². The Morgan fingerprint density at radius 2 is 2.07 bits per heavy atom. The second-order valence-corrected chi connectivity index (χ2v) is 3.52. The maximum Gasteiger partial charge on any atom is 0.279 e. The van der Waals surface area contributed by atoms with Gasteiger partial charge < -0.3 is 4.74 Å². The number of hydrogen-bond donors (Lipinski definition) is 1. The summed E-state index contributed by atoms with van der Waals surface area (Å²) in [6.07, 6.45) is 0.333. The molecule has 0 saturated heterocycles. The molecule has 1 aromatic carbocycles. The molecule has 0 aliphatic carbocycles. The Bertz CT molecular complexity index is 329. The van der Waals surface area contributed by atoms with E-state index in [9.17, 15) is 9.28 Å². The standard InChI is InChI=1S/C11H14FNO2/c1-11(15-2,10(14)13-12)8-9-6-4-3-5-7-9/h3-7H,8H2,1-2H3,(H,13,14). The molecule has 15 heavy (non-hydrogen) atoms. The number of rotatable bonds is 4. The van der Waals surface area contributed by atoms with Crippen LogP contribution in [0, 0.1) is 0 Å². The SMILES string of the molecule is COC(C)(Cc1ccccc1)C(=O)NF. The van der Waals surface area contributed by atoms with Crippen molar-refractivity contribution in [3.05, 3.63) is 35.9 Å². The van der Waals surface area contributed by atoms with E-state index in [0.29, 0.717) is 6.42 Å². The van der Waals surface area contributed by atoms with Gasteiger partial charge in [-0.2, -0.15) is 5.54 Å². The number of halogens is 1. The molecule has 0 spiro atoms. The third kappa shape index (κ3) is 2.76. The molecule has 4 heteroatoms. The van der Waals surface area contributed by atoms with Gasteiger partial charge in [-0.05, 0) is 12.5 Å². The molecular formula is C11H14FNO2. The molecule has 0 aliphatic rings. The molecule has 0 aromatic heterocycles. The Morgan fingerprint density at radius 3 is 2.53 bits per heavy atom. The zero-order chi connectivity index (χ0) is 11.3. The average Bonchev–Trinajstić information content (AvgIpc) is 2.29. The van der Waals surface area contributed by atoms with Crippen LogP contribution in [0.4, 0.5) is 4.48 Å². The summed E-state index contributed by atoms with van der Waals surface area (Å²) < 4.78 is 17.1. The summed E-state index contributed by atoms with van der Waals surface area (Å²) in [5.74, 6) is -0.770. The second kappa shape index (κ2) is 4.89. The smallest absolute Gasteiger partial charge is 0.279 e. The van der Waals surface area contributed by atoms with Gasteiger partial charge in [-0.3, -0.25) is 4.79 Å². The minimum absolute atomic E-state index is 0.333. The lowest BCUT2D eigenvalue weighted by Crippen LogP contribution is -2.45. The van der Waals surface area contributed by atoms with Crippen molar-refractivity contribution < 1.29 is 14.0 Å². The molecule has 82 valence electrons. The first-order valence-electron chi connectivity index (χ1n) is 4.62. The molecule has 0 fully saturated rings. The fourth-order valence-corrected chi connectivity index (χ4v) is 1.33. The lowest BCUT2D eigenvalue weighted by Gasteiger charge is -2.24. The van der Waals surface area contributed by atoms with Gasteiger partial charge in [-0.1, -0.05) is 30.3 Å². The Morgan fingerprint density at radius 1 is 1.47 bits per heavy atom. The largest absolute Gasteiger partial charge is 0.368 e. The maximum atomic E-state index is 12.1. The summed E-state index contributed by atoms with van der Waals surface area (Å²) in [4.78, 5) is 11.3. The van der Waals surface area contributed by atoms with E-state index >= 15 is 0 Å². The van der Waals surface area contributed by atoms with Crippen molar-refractivity contribution in [1.82, 2.24) is 5.54 Å². The fourth-order valence-electron chi connectivity index (χ4n) is 1.33. The van der Waals surface area contributed by atoms with Crippen LogP contribution in [0.3, 0.4) is 0 Å². The van der Waals surface area contributed by atoms with Crippen LogP contribution in [0.2, 0.25) is 0 Å². The number of ether oxygens (including phenoxy) is 1. The van der Waals surface area contributed by atoms with Crippen molar-refractivity contribution in [3.63, 3.8) is 0 Å². The van der Waals surface area contributed by atoms with Gasteiger partial charge in [0.1, 0.15) is 5.60 Å². The molecule has 1 unspecified atom stereocenters. The molecule has 1 rings (SSSR count). The topological polar surface area (TPSA) is 38.3 Å². The van der Waals surface area contributed by atoms with Crippen molar-refractivity contribution in [2.45, 2.75) is 18.9 Å². The van der Waals surface area contributed by atoms with E-state index in [1.807, 2.05) is 30.3 Å². The first-order chi connectivity index (χ1) is 7.12. The quantitative estimate of drug-likeness (QED) is 0.769. The first kappa shape index (κ1) is 11.7. The summed E-state index contributed by atoms with van der Waals surface area (Å²) in [6.45, 7) is 1.55. The highest BCUT2D eigenvalue weighted by Crippen LogP contribution is 2.17. The molecular weight excluding hydrogens is 197 g/mol. The summed E-state index contributed by atoms with van der Waals surface area (Å²) in [5, 5.41) is 0. The Labute approximate surface area is 88.2 Å². The molecule has 1 N–H and O–H groups in total. The van der Waals surface area contributed by atoms with E-state index in [1.54, 1.807) is 6.92 Å². The fraction of sp³-hybridized carbons (Fsp3) is 0.364. The third-order valence-electron chi connectivity index (χ3n) is 2.40. The normalized spacial score (nSPS) is 14.3. The monoisotopic (exact) mass is 211 g/mol. The summed E-state index contributed by atoms with van der Waals surface area (Å²) in [5.41, 5.74) is 0.864. The molecule has 3 nitrogen and oxygen atoms in total. The highest BCUT2D eigenvalue weighted by Gasteiger charge is 2.33. The number of benzene rings is 1. The minimum Gasteiger partial charge on any atom is -0.368 e. The Balaban J connectivity index is 2.81. The highest BCUT2D eigenvalue weighted by molar-refractivity contribution is 5.84. The van der Waals surface area contributed by atoms with Crippen LogP contribution in [-0.2, 0) is 16.0 Å². The van der Waals surface area contributed by atoms with E-state index in [1.165, 1.54) is 7.11 Å². The van der Waals surface area contributed by atoms with E-state index < -0.39 is 11.5 Å². The molecule has 0 aliphatic heterocycles. The van der Waals surface area contributed by atoms with E-state index in [4.69, 9.17) is 4.74 Å². The molecule has 0 heterocycles. The van der Waals surface area contributed by atoms with Crippen LogP contribution in [0.1, 0.15) is 12.5 Å². The zero-order valence-corrected chi connectivity index (χ0v) is 8.79. The van der Waals surface area contributed by atoms with Crippen LogP contribution in [0.25, 0.3) is 0 Å². The van der Waals surface area contributed by atoms with Crippen LogP contribution in [0.15, 0.2) is 30.3 Å². The number of carbonyl (C=O) groups is 1. The van der Waals surface area contributed by atoms with Crippen molar-refractivity contribution in [2.75, 3.05) is 7.11 Å².